The van der Waals surface area contributed by atoms with Gasteiger partial charge in [-0.25, -0.2) is 19.5 Å². The predicted molar refractivity (Wildman–Crippen MR) is 128 cm³/mol. The largest absolute Gasteiger partial charge is 0.469 e. The molecule has 8 N–H and O–H groups in total. The van der Waals surface area contributed by atoms with Crippen LogP contribution in [-0.4, -0.2) is 81.4 Å². The molecule has 0 bridgehead atoms. The van der Waals surface area contributed by atoms with Gasteiger partial charge in [0.05, 0.1) is 19.0 Å². The molecule has 196 valence electrons. The number of aromatic nitrogens is 5. The Hall–Kier alpha value is -3.27. The lowest BCUT2D eigenvalue weighted by atomic mass is 10.1. The number of nitrogens with zero attached hydrogens (tertiary/aromatic N) is 4. The van der Waals surface area contributed by atoms with Crippen molar-refractivity contribution in [2.24, 2.45) is 5.73 Å². The quantitative estimate of drug-likeness (QED) is 0.143. The van der Waals surface area contributed by atoms with Crippen LogP contribution in [0.25, 0.3) is 22.1 Å². The lowest BCUT2D eigenvalue weighted by Crippen LogP contribution is -2.37. The number of H-pyrrole nitrogens is 1. The zero-order chi connectivity index (χ0) is 26.3. The molecule has 1 aromatic carbocycles. The van der Waals surface area contributed by atoms with Gasteiger partial charge in [0.15, 0.2) is 23.2 Å². The minimum atomic E-state index is -4.81. The van der Waals surface area contributed by atoms with Gasteiger partial charge < -0.3 is 40.8 Å². The topological polar surface area (TPSA) is 231 Å². The summed E-state index contributed by atoms with van der Waals surface area (Å²) in [6.45, 7) is -0.657. The van der Waals surface area contributed by atoms with Crippen molar-refractivity contribution in [1.29, 1.82) is 0 Å². The Kier molecular flexibility index (Phi) is 6.78. The van der Waals surface area contributed by atoms with Crippen LogP contribution in [0.5, 0.6) is 0 Å². The number of para-hydroxylation sites is 1. The Morgan fingerprint density at radius 1 is 1.24 bits per heavy atom. The lowest BCUT2D eigenvalue weighted by Gasteiger charge is -2.16. The molecule has 1 aliphatic heterocycles. The van der Waals surface area contributed by atoms with E-state index < -0.39 is 50.9 Å². The van der Waals surface area contributed by atoms with E-state index in [9.17, 15) is 19.6 Å². The standard InChI is InChI=1S/C21H24N7O8P/c22-12(5-10-6-23-13-4-2-1-3-11(10)13)20(31)27-18-15-19(25-8-24-18)28(9-26-15)21-17(30)16(29)14(36-21)7-35-37(32,33)34/h1-4,6,8-9,12,14,16-17,21,23,29-30H,5,7,22H2,(H2,32,33,34)(H,24,25,27,31)/t12?,14-,16-,17-,21+/m1/s1. The fourth-order valence-corrected chi connectivity index (χ4v) is 4.58. The number of rotatable bonds is 8. The fourth-order valence-electron chi connectivity index (χ4n) is 4.24. The van der Waals surface area contributed by atoms with Gasteiger partial charge in [-0.05, 0) is 18.1 Å². The van der Waals surface area contributed by atoms with E-state index in [1.54, 1.807) is 0 Å². The van der Waals surface area contributed by atoms with Gasteiger partial charge in [-0.15, -0.1) is 0 Å². The second-order valence-electron chi connectivity index (χ2n) is 8.54. The number of fused-ring (bicyclic) bond motifs is 2. The molecule has 5 rings (SSSR count). The molecule has 1 fully saturated rings. The molecule has 0 saturated carbocycles. The molecule has 1 amide bonds. The maximum absolute atomic E-state index is 12.9. The molecule has 15 nitrogen and oxygen atoms in total. The maximum Gasteiger partial charge on any atom is 0.469 e. The number of amides is 1. The number of hydrogen-bond acceptors (Lipinski definition) is 10. The lowest BCUT2D eigenvalue weighted by molar-refractivity contribution is -0.117. The smallest absolute Gasteiger partial charge is 0.387 e. The zero-order valence-electron chi connectivity index (χ0n) is 19.1. The number of carbonyl (C=O) groups excluding carboxylic acids is 1. The third-order valence-corrected chi connectivity index (χ3v) is 6.56. The van der Waals surface area contributed by atoms with Gasteiger partial charge >= 0.3 is 7.82 Å². The molecule has 0 spiro atoms. The van der Waals surface area contributed by atoms with E-state index in [2.05, 4.69) is 29.8 Å². The van der Waals surface area contributed by atoms with Crippen LogP contribution in [0.2, 0.25) is 0 Å². The number of carbonyl (C=O) groups is 1. The second kappa shape index (κ2) is 9.89. The average molecular weight is 533 g/mol. The number of aromatic amines is 1. The molecule has 4 aromatic rings. The number of ether oxygens (including phenoxy) is 1. The molecule has 37 heavy (non-hydrogen) atoms. The Morgan fingerprint density at radius 2 is 2.03 bits per heavy atom. The van der Waals surface area contributed by atoms with Crippen LogP contribution in [0.1, 0.15) is 11.8 Å². The number of phosphoric ester groups is 1. The van der Waals surface area contributed by atoms with Crippen LogP contribution in [0.15, 0.2) is 43.1 Å². The normalized spacial score (nSPS) is 23.1. The number of aliphatic hydroxyl groups excluding tert-OH is 2. The molecular weight excluding hydrogens is 509 g/mol. The van der Waals surface area contributed by atoms with Crippen molar-refractivity contribution < 1.29 is 38.6 Å². The number of benzene rings is 1. The van der Waals surface area contributed by atoms with Crippen molar-refractivity contribution in [2.75, 3.05) is 11.9 Å². The van der Waals surface area contributed by atoms with Crippen LogP contribution in [0.4, 0.5) is 5.82 Å². The number of imidazole rings is 1. The number of nitrogens with two attached hydrogens (primary N) is 1. The van der Waals surface area contributed by atoms with E-state index in [0.717, 1.165) is 16.5 Å². The van der Waals surface area contributed by atoms with E-state index in [1.165, 1.54) is 17.2 Å². The summed E-state index contributed by atoms with van der Waals surface area (Å²) in [6.07, 6.45) is -0.890. The molecule has 16 heteroatoms. The SMILES string of the molecule is NC(Cc1c[nH]c2ccccc12)C(=O)Nc1ncnc2c1ncn2[C@H]1O[C@H](COP(=O)(O)O)[C@@H](O)[C@H]1O. The van der Waals surface area contributed by atoms with E-state index in [-0.39, 0.29) is 23.4 Å². The highest BCUT2D eigenvalue weighted by atomic mass is 31.2. The summed E-state index contributed by atoms with van der Waals surface area (Å²) in [5.41, 5.74) is 8.33. The molecule has 0 aliphatic carbocycles. The van der Waals surface area contributed by atoms with Gasteiger partial charge in [0.2, 0.25) is 5.91 Å². The molecule has 5 atom stereocenters. The highest BCUT2D eigenvalue weighted by Gasteiger charge is 2.45. The zero-order valence-corrected chi connectivity index (χ0v) is 20.0. The van der Waals surface area contributed by atoms with Crippen LogP contribution in [0.3, 0.4) is 0 Å². The van der Waals surface area contributed by atoms with Gasteiger partial charge in [0.25, 0.3) is 0 Å². The van der Waals surface area contributed by atoms with Gasteiger partial charge in [-0.1, -0.05) is 18.2 Å². The second-order valence-corrected chi connectivity index (χ2v) is 9.78. The molecule has 1 aliphatic rings. The summed E-state index contributed by atoms with van der Waals surface area (Å²) in [6, 6.07) is 6.77. The van der Waals surface area contributed by atoms with E-state index >= 15 is 0 Å². The van der Waals surface area contributed by atoms with E-state index in [1.807, 2.05) is 30.5 Å². The molecule has 1 unspecified atom stereocenters. The average Bonchev–Trinajstić information content (AvgIpc) is 3.55. The highest BCUT2D eigenvalue weighted by Crippen LogP contribution is 2.39. The predicted octanol–water partition coefficient (Wildman–Crippen LogP) is -0.455. The summed E-state index contributed by atoms with van der Waals surface area (Å²) >= 11 is 0. The van der Waals surface area contributed by atoms with Gasteiger partial charge in [0.1, 0.15) is 24.6 Å². The monoisotopic (exact) mass is 533 g/mol. The first-order chi connectivity index (χ1) is 17.6. The van der Waals surface area contributed by atoms with Crippen LogP contribution >= 0.6 is 7.82 Å². The number of aliphatic hydroxyl groups is 2. The molecule has 1 saturated heterocycles. The fraction of sp³-hybridized carbons (Fsp3) is 0.333. The summed E-state index contributed by atoms with van der Waals surface area (Å²) in [4.78, 5) is 46.2. The first-order valence-electron chi connectivity index (χ1n) is 11.1. The Balaban J connectivity index is 1.32. The van der Waals surface area contributed by atoms with Crippen molar-refractivity contribution >= 4 is 41.6 Å². The molecule has 0 radical (unpaired) electrons. The first kappa shape index (κ1) is 25.4. The minimum absolute atomic E-state index is 0.0811. The summed E-state index contributed by atoms with van der Waals surface area (Å²) in [5, 5.41) is 24.3. The van der Waals surface area contributed by atoms with Gasteiger partial charge in [0, 0.05) is 17.1 Å². The van der Waals surface area contributed by atoms with Gasteiger partial charge in [-0.3, -0.25) is 13.9 Å². The molecular formula is C21H24N7O8P. The number of hydrogen-bond donors (Lipinski definition) is 7. The third-order valence-electron chi connectivity index (χ3n) is 6.07. The summed E-state index contributed by atoms with van der Waals surface area (Å²) in [7, 11) is -4.81. The number of phosphoric acid groups is 1. The maximum atomic E-state index is 12.9. The summed E-state index contributed by atoms with van der Waals surface area (Å²) in [5.74, 6) is -0.417. The highest BCUT2D eigenvalue weighted by molar-refractivity contribution is 7.46. The van der Waals surface area contributed by atoms with Crippen molar-refractivity contribution in [1.82, 2.24) is 24.5 Å². The van der Waals surface area contributed by atoms with Crippen LogP contribution in [0, 0.1) is 0 Å². The molecule has 4 heterocycles. The number of nitrogens with one attached hydrogen (secondary N) is 2. The molecule has 3 aromatic heterocycles. The van der Waals surface area contributed by atoms with Crippen molar-refractivity contribution in [2.45, 2.75) is 37.0 Å². The van der Waals surface area contributed by atoms with E-state index in [4.69, 9.17) is 20.3 Å². The third kappa shape index (κ3) is 5.12. The Labute approximate surface area is 208 Å². The minimum Gasteiger partial charge on any atom is -0.387 e. The van der Waals surface area contributed by atoms with Gasteiger partial charge in [-0.2, -0.15) is 0 Å². The van der Waals surface area contributed by atoms with Crippen molar-refractivity contribution in [3.8, 4) is 0 Å². The summed E-state index contributed by atoms with van der Waals surface area (Å²) < 4.78 is 22.2. The van der Waals surface area contributed by atoms with Crippen LogP contribution < -0.4 is 11.1 Å². The Bertz CT molecular complexity index is 1490. The number of anilines is 1. The Morgan fingerprint density at radius 3 is 2.81 bits per heavy atom. The first-order valence-corrected chi connectivity index (χ1v) is 12.7. The van der Waals surface area contributed by atoms with E-state index in [0.29, 0.717) is 0 Å². The van der Waals surface area contributed by atoms with Crippen LogP contribution in [-0.2, 0) is 25.0 Å². The van der Waals surface area contributed by atoms with Crippen molar-refractivity contribution in [3.05, 3.63) is 48.7 Å². The van der Waals surface area contributed by atoms with Crippen molar-refractivity contribution in [3.63, 3.8) is 0 Å².